The topological polar surface area (TPSA) is 75.4 Å². The Labute approximate surface area is 128 Å². The SMILES string of the molecule is Cc1cccc(N)c1S(=O)(=O)NCCN(C(C)C)C(C)C. The highest BCUT2D eigenvalue weighted by molar-refractivity contribution is 7.89. The Hall–Kier alpha value is -1.11. The molecule has 0 amide bonds. The van der Waals surface area contributed by atoms with E-state index in [9.17, 15) is 8.42 Å². The largest absolute Gasteiger partial charge is 0.398 e. The predicted molar refractivity (Wildman–Crippen MR) is 87.8 cm³/mol. The Kier molecular flexibility index (Phi) is 6.19. The van der Waals surface area contributed by atoms with Gasteiger partial charge in [-0.15, -0.1) is 0 Å². The number of rotatable bonds is 7. The summed E-state index contributed by atoms with van der Waals surface area (Å²) in [5, 5.41) is 0. The maximum absolute atomic E-state index is 12.4. The van der Waals surface area contributed by atoms with Crippen molar-refractivity contribution in [2.24, 2.45) is 0 Å². The average Bonchev–Trinajstić information content (AvgIpc) is 2.33. The Morgan fingerprint density at radius 2 is 1.76 bits per heavy atom. The maximum Gasteiger partial charge on any atom is 0.242 e. The van der Waals surface area contributed by atoms with Gasteiger partial charge in [0.05, 0.1) is 5.69 Å². The molecule has 0 bridgehead atoms. The molecule has 1 rings (SSSR count). The zero-order valence-electron chi connectivity index (χ0n) is 13.6. The molecule has 0 heterocycles. The van der Waals surface area contributed by atoms with E-state index < -0.39 is 10.0 Å². The number of nitrogens with zero attached hydrogens (tertiary/aromatic N) is 1. The van der Waals surface area contributed by atoms with Crippen LogP contribution in [-0.4, -0.2) is 38.5 Å². The van der Waals surface area contributed by atoms with E-state index in [0.29, 0.717) is 30.7 Å². The molecule has 0 atom stereocenters. The van der Waals surface area contributed by atoms with Gasteiger partial charge >= 0.3 is 0 Å². The molecule has 120 valence electrons. The van der Waals surface area contributed by atoms with Crippen molar-refractivity contribution in [2.75, 3.05) is 18.8 Å². The molecule has 0 fully saturated rings. The van der Waals surface area contributed by atoms with Crippen LogP contribution in [0.4, 0.5) is 5.69 Å². The molecule has 0 unspecified atom stereocenters. The maximum atomic E-state index is 12.4. The number of aryl methyl sites for hydroxylation is 1. The molecule has 21 heavy (non-hydrogen) atoms. The van der Waals surface area contributed by atoms with Crippen LogP contribution in [0.5, 0.6) is 0 Å². The van der Waals surface area contributed by atoms with Crippen molar-refractivity contribution >= 4 is 15.7 Å². The highest BCUT2D eigenvalue weighted by atomic mass is 32.2. The van der Waals surface area contributed by atoms with Crippen LogP contribution in [0.25, 0.3) is 0 Å². The first kappa shape index (κ1) is 17.9. The molecule has 6 heteroatoms. The zero-order chi connectivity index (χ0) is 16.2. The summed E-state index contributed by atoms with van der Waals surface area (Å²) in [6.45, 7) is 11.2. The summed E-state index contributed by atoms with van der Waals surface area (Å²) >= 11 is 0. The smallest absolute Gasteiger partial charge is 0.242 e. The van der Waals surface area contributed by atoms with Crippen LogP contribution < -0.4 is 10.5 Å². The molecule has 0 aromatic heterocycles. The van der Waals surface area contributed by atoms with Crippen LogP contribution in [0.1, 0.15) is 33.3 Å². The number of sulfonamides is 1. The van der Waals surface area contributed by atoms with Gasteiger partial charge in [0.1, 0.15) is 4.90 Å². The molecule has 3 N–H and O–H groups in total. The fraction of sp³-hybridized carbons (Fsp3) is 0.600. The normalized spacial score (nSPS) is 12.6. The molecule has 1 aromatic rings. The second-order valence-electron chi connectivity index (χ2n) is 5.82. The van der Waals surface area contributed by atoms with Crippen LogP contribution in [0.2, 0.25) is 0 Å². The summed E-state index contributed by atoms with van der Waals surface area (Å²) in [5.41, 5.74) is 6.75. The summed E-state index contributed by atoms with van der Waals surface area (Å²) in [6.07, 6.45) is 0. The van der Waals surface area contributed by atoms with Gasteiger partial charge in [0.25, 0.3) is 0 Å². The van der Waals surface area contributed by atoms with Crippen LogP contribution in [-0.2, 0) is 10.0 Å². The van der Waals surface area contributed by atoms with Gasteiger partial charge in [-0.3, -0.25) is 4.90 Å². The number of nitrogens with one attached hydrogen (secondary N) is 1. The molecule has 0 spiro atoms. The van der Waals surface area contributed by atoms with Crippen molar-refractivity contribution in [1.29, 1.82) is 0 Å². The van der Waals surface area contributed by atoms with Gasteiger partial charge in [0.2, 0.25) is 10.0 Å². The fourth-order valence-electron chi connectivity index (χ4n) is 2.54. The first-order valence-electron chi connectivity index (χ1n) is 7.27. The third-order valence-electron chi connectivity index (χ3n) is 3.50. The first-order valence-corrected chi connectivity index (χ1v) is 8.75. The molecular formula is C15H27N3O2S. The minimum absolute atomic E-state index is 0.186. The van der Waals surface area contributed by atoms with Gasteiger partial charge in [-0.25, -0.2) is 13.1 Å². The van der Waals surface area contributed by atoms with Gasteiger partial charge in [-0.1, -0.05) is 12.1 Å². The molecule has 5 nitrogen and oxygen atoms in total. The number of hydrogen-bond donors (Lipinski definition) is 2. The van der Waals surface area contributed by atoms with Crippen molar-refractivity contribution in [3.05, 3.63) is 23.8 Å². The average molecular weight is 313 g/mol. The fourth-order valence-corrected chi connectivity index (χ4v) is 3.91. The zero-order valence-corrected chi connectivity index (χ0v) is 14.4. The van der Waals surface area contributed by atoms with Crippen LogP contribution >= 0.6 is 0 Å². The second kappa shape index (κ2) is 7.24. The predicted octanol–water partition coefficient (Wildman–Crippen LogP) is 1.97. The quantitative estimate of drug-likeness (QED) is 0.755. The summed E-state index contributed by atoms with van der Waals surface area (Å²) in [7, 11) is -3.57. The van der Waals surface area contributed by atoms with Crippen molar-refractivity contribution in [2.45, 2.75) is 51.6 Å². The lowest BCUT2D eigenvalue weighted by Gasteiger charge is -2.30. The van der Waals surface area contributed by atoms with Crippen molar-refractivity contribution in [3.63, 3.8) is 0 Å². The van der Waals surface area contributed by atoms with E-state index in [4.69, 9.17) is 5.73 Å². The Morgan fingerprint density at radius 3 is 2.24 bits per heavy atom. The molecular weight excluding hydrogens is 286 g/mol. The van der Waals surface area contributed by atoms with E-state index in [2.05, 4.69) is 37.3 Å². The van der Waals surface area contributed by atoms with Crippen molar-refractivity contribution in [3.8, 4) is 0 Å². The van der Waals surface area contributed by atoms with E-state index in [1.165, 1.54) is 0 Å². The number of anilines is 1. The van der Waals surface area contributed by atoms with Crippen LogP contribution in [0.3, 0.4) is 0 Å². The van der Waals surface area contributed by atoms with Gasteiger partial charge in [0.15, 0.2) is 0 Å². The van der Waals surface area contributed by atoms with Crippen LogP contribution in [0, 0.1) is 6.92 Å². The Balaban J connectivity index is 2.79. The van der Waals surface area contributed by atoms with Gasteiger partial charge in [-0.2, -0.15) is 0 Å². The van der Waals surface area contributed by atoms with E-state index in [1.807, 2.05) is 0 Å². The minimum Gasteiger partial charge on any atom is -0.398 e. The van der Waals surface area contributed by atoms with Gasteiger partial charge in [-0.05, 0) is 46.2 Å². The number of hydrogen-bond acceptors (Lipinski definition) is 4. The lowest BCUT2D eigenvalue weighted by atomic mass is 10.2. The molecule has 0 aliphatic carbocycles. The van der Waals surface area contributed by atoms with E-state index in [1.54, 1.807) is 25.1 Å². The number of nitrogen functional groups attached to an aromatic ring is 1. The number of nitrogens with two attached hydrogens (primary N) is 1. The lowest BCUT2D eigenvalue weighted by Crippen LogP contribution is -2.42. The Bertz CT molecular complexity index is 540. The monoisotopic (exact) mass is 313 g/mol. The van der Waals surface area contributed by atoms with E-state index in [0.717, 1.165) is 0 Å². The van der Waals surface area contributed by atoms with E-state index >= 15 is 0 Å². The highest BCUT2D eigenvalue weighted by Gasteiger charge is 2.20. The van der Waals surface area contributed by atoms with Gasteiger partial charge < -0.3 is 5.73 Å². The van der Waals surface area contributed by atoms with Gasteiger partial charge in [0, 0.05) is 25.2 Å². The lowest BCUT2D eigenvalue weighted by molar-refractivity contribution is 0.179. The summed E-state index contributed by atoms with van der Waals surface area (Å²) in [4.78, 5) is 2.43. The minimum atomic E-state index is -3.57. The molecule has 0 aliphatic heterocycles. The van der Waals surface area contributed by atoms with Crippen LogP contribution in [0.15, 0.2) is 23.1 Å². The van der Waals surface area contributed by atoms with E-state index in [-0.39, 0.29) is 10.6 Å². The summed E-state index contributed by atoms with van der Waals surface area (Å²) in [6, 6.07) is 5.86. The van der Waals surface area contributed by atoms with Crippen molar-refractivity contribution < 1.29 is 8.42 Å². The molecule has 0 radical (unpaired) electrons. The third kappa shape index (κ3) is 4.69. The van der Waals surface area contributed by atoms with Crippen molar-refractivity contribution in [1.82, 2.24) is 9.62 Å². The molecule has 1 aromatic carbocycles. The summed E-state index contributed by atoms with van der Waals surface area (Å²) in [5.74, 6) is 0. The highest BCUT2D eigenvalue weighted by Crippen LogP contribution is 2.21. The standard InChI is InChI=1S/C15H27N3O2S/c1-11(2)18(12(3)4)10-9-17-21(19,20)15-13(5)7-6-8-14(15)16/h6-8,11-12,17H,9-10,16H2,1-5H3. The molecule has 0 aliphatic rings. The summed E-state index contributed by atoms with van der Waals surface area (Å²) < 4.78 is 27.4. The molecule has 0 saturated heterocycles. The second-order valence-corrected chi connectivity index (χ2v) is 7.52. The Morgan fingerprint density at radius 1 is 1.19 bits per heavy atom. The molecule has 0 saturated carbocycles. The third-order valence-corrected chi connectivity index (χ3v) is 5.18. The number of benzene rings is 1. The first-order chi connectivity index (χ1) is 9.66.